The number of hydrogen-bond acceptors (Lipinski definition) is 7. The topological polar surface area (TPSA) is 128 Å². The Bertz CT molecular complexity index is 880. The zero-order valence-electron chi connectivity index (χ0n) is 15.9. The number of carbonyl (C=O) groups excluding carboxylic acids is 3. The molecule has 0 spiro atoms. The predicted octanol–water partition coefficient (Wildman–Crippen LogP) is 2.74. The average Bonchev–Trinajstić information content (AvgIpc) is 3.38. The van der Waals surface area contributed by atoms with Gasteiger partial charge in [-0.1, -0.05) is 11.6 Å². The number of nitro benzene ring substituents is 1. The number of nitrogens with one attached hydrogen (secondary N) is 1. The van der Waals surface area contributed by atoms with Crippen molar-refractivity contribution in [3.05, 3.63) is 33.3 Å². The van der Waals surface area contributed by atoms with E-state index in [0.29, 0.717) is 19.4 Å². The molecule has 0 aliphatic carbocycles. The number of halogens is 1. The monoisotopic (exact) mass is 437 g/mol. The lowest BCUT2D eigenvalue weighted by molar-refractivity contribution is -0.384. The molecule has 2 bridgehead atoms. The zero-order chi connectivity index (χ0) is 21.4. The molecule has 3 aliphatic rings. The second kappa shape index (κ2) is 8.19. The van der Waals surface area contributed by atoms with Crippen molar-refractivity contribution in [2.24, 2.45) is 11.8 Å². The predicted molar refractivity (Wildman–Crippen MR) is 104 cm³/mol. The first kappa shape index (κ1) is 20.5. The first-order chi connectivity index (χ1) is 14.4. The number of likely N-dealkylation sites (tertiary alicyclic amines) is 1. The molecule has 3 amide bonds. The molecule has 11 heteroatoms. The Labute approximate surface area is 176 Å². The number of rotatable bonds is 7. The molecule has 4 unspecified atom stereocenters. The van der Waals surface area contributed by atoms with E-state index in [4.69, 9.17) is 21.1 Å². The van der Waals surface area contributed by atoms with Gasteiger partial charge in [0.15, 0.2) is 0 Å². The van der Waals surface area contributed by atoms with Crippen LogP contribution in [0.4, 0.5) is 16.2 Å². The van der Waals surface area contributed by atoms with Crippen LogP contribution in [0.15, 0.2) is 18.2 Å². The fourth-order valence-corrected chi connectivity index (χ4v) is 4.60. The summed E-state index contributed by atoms with van der Waals surface area (Å²) in [4.78, 5) is 48.5. The lowest BCUT2D eigenvalue weighted by Gasteiger charge is -2.17. The number of carbonyl (C=O) groups is 3. The van der Waals surface area contributed by atoms with Crippen molar-refractivity contribution in [3.63, 3.8) is 0 Å². The summed E-state index contributed by atoms with van der Waals surface area (Å²) < 4.78 is 10.7. The van der Waals surface area contributed by atoms with E-state index in [0.717, 1.165) is 18.9 Å². The van der Waals surface area contributed by atoms with E-state index in [1.165, 1.54) is 17.0 Å². The summed E-state index contributed by atoms with van der Waals surface area (Å²) in [6.07, 6.45) is 1.62. The second-order valence-electron chi connectivity index (χ2n) is 7.56. The van der Waals surface area contributed by atoms with Crippen LogP contribution in [-0.4, -0.2) is 53.1 Å². The minimum absolute atomic E-state index is 0.0337. The molecular formula is C19H20ClN3O7. The van der Waals surface area contributed by atoms with Crippen LogP contribution in [0.3, 0.4) is 0 Å². The smallest absolute Gasteiger partial charge is 0.411 e. The minimum atomic E-state index is -0.761. The first-order valence-electron chi connectivity index (χ1n) is 9.75. The summed E-state index contributed by atoms with van der Waals surface area (Å²) in [6.45, 7) is 0.372. The van der Waals surface area contributed by atoms with Crippen molar-refractivity contribution in [2.45, 2.75) is 37.9 Å². The van der Waals surface area contributed by atoms with Crippen molar-refractivity contribution in [1.82, 2.24) is 4.90 Å². The highest BCUT2D eigenvalue weighted by molar-refractivity contribution is 6.32. The molecule has 160 valence electrons. The first-order valence-corrected chi connectivity index (χ1v) is 10.1. The number of benzene rings is 1. The molecule has 1 aromatic carbocycles. The van der Waals surface area contributed by atoms with Gasteiger partial charge in [0.2, 0.25) is 11.8 Å². The maximum atomic E-state index is 12.5. The van der Waals surface area contributed by atoms with E-state index in [2.05, 4.69) is 5.32 Å². The largest absolute Gasteiger partial charge is 0.449 e. The number of ether oxygens (including phenoxy) is 2. The molecule has 0 aromatic heterocycles. The number of anilines is 1. The Morgan fingerprint density at radius 2 is 1.90 bits per heavy atom. The zero-order valence-corrected chi connectivity index (χ0v) is 16.7. The van der Waals surface area contributed by atoms with Gasteiger partial charge in [0.25, 0.3) is 5.69 Å². The lowest BCUT2D eigenvalue weighted by atomic mass is 9.81. The van der Waals surface area contributed by atoms with Crippen molar-refractivity contribution in [3.8, 4) is 0 Å². The van der Waals surface area contributed by atoms with Crippen molar-refractivity contribution < 1.29 is 28.8 Å². The quantitative estimate of drug-likeness (QED) is 0.300. The van der Waals surface area contributed by atoms with Gasteiger partial charge < -0.3 is 9.47 Å². The minimum Gasteiger partial charge on any atom is -0.449 e. The molecule has 10 nitrogen and oxygen atoms in total. The van der Waals surface area contributed by atoms with Crippen LogP contribution in [0.5, 0.6) is 0 Å². The molecular weight excluding hydrogens is 418 g/mol. The van der Waals surface area contributed by atoms with Crippen LogP contribution >= 0.6 is 11.6 Å². The van der Waals surface area contributed by atoms with E-state index in [1.54, 1.807) is 0 Å². The lowest BCUT2D eigenvalue weighted by Crippen LogP contribution is -2.35. The second-order valence-corrected chi connectivity index (χ2v) is 7.97. The van der Waals surface area contributed by atoms with E-state index in [9.17, 15) is 24.5 Å². The maximum Gasteiger partial charge on any atom is 0.411 e. The van der Waals surface area contributed by atoms with Gasteiger partial charge in [-0.2, -0.15) is 0 Å². The number of unbranched alkanes of at least 4 members (excludes halogenated alkanes) is 1. The van der Waals surface area contributed by atoms with Crippen molar-refractivity contribution in [2.75, 3.05) is 18.5 Å². The Hall–Kier alpha value is -2.72. The Balaban J connectivity index is 1.19. The Kier molecular flexibility index (Phi) is 5.61. The van der Waals surface area contributed by atoms with Gasteiger partial charge in [0, 0.05) is 12.6 Å². The fraction of sp³-hybridized carbons (Fsp3) is 0.526. The number of fused-ring (bicyclic) bond motifs is 5. The van der Waals surface area contributed by atoms with Gasteiger partial charge >= 0.3 is 6.09 Å². The molecule has 0 saturated carbocycles. The molecule has 3 aliphatic heterocycles. The van der Waals surface area contributed by atoms with Gasteiger partial charge in [-0.05, 0) is 37.8 Å². The summed E-state index contributed by atoms with van der Waals surface area (Å²) in [5.41, 5.74) is -0.134. The van der Waals surface area contributed by atoms with Gasteiger partial charge in [0.1, 0.15) is 5.02 Å². The van der Waals surface area contributed by atoms with Crippen molar-refractivity contribution in [1.29, 1.82) is 0 Å². The van der Waals surface area contributed by atoms with Crippen LogP contribution in [0.1, 0.15) is 25.7 Å². The number of hydrogen-bond donors (Lipinski definition) is 1. The van der Waals surface area contributed by atoms with E-state index in [1.807, 2.05) is 0 Å². The molecule has 1 aromatic rings. The van der Waals surface area contributed by atoms with Crippen LogP contribution in [0.25, 0.3) is 0 Å². The molecule has 3 fully saturated rings. The third-order valence-corrected chi connectivity index (χ3v) is 6.09. The van der Waals surface area contributed by atoms with E-state index in [-0.39, 0.29) is 58.9 Å². The number of amides is 3. The van der Waals surface area contributed by atoms with Crippen LogP contribution in [0, 0.1) is 22.0 Å². The average molecular weight is 438 g/mol. The summed E-state index contributed by atoms with van der Waals surface area (Å²) in [5, 5.41) is 13.2. The third-order valence-electron chi connectivity index (χ3n) is 5.77. The van der Waals surface area contributed by atoms with Gasteiger partial charge in [0.05, 0.1) is 41.3 Å². The molecule has 30 heavy (non-hydrogen) atoms. The molecule has 4 rings (SSSR count). The summed E-state index contributed by atoms with van der Waals surface area (Å²) in [6, 6.07) is 3.88. The highest BCUT2D eigenvalue weighted by Gasteiger charge is 2.62. The summed E-state index contributed by atoms with van der Waals surface area (Å²) in [5.74, 6) is -0.969. The van der Waals surface area contributed by atoms with Gasteiger partial charge in [-0.15, -0.1) is 0 Å². The highest BCUT2D eigenvalue weighted by Crippen LogP contribution is 2.48. The molecule has 1 N–H and O–H groups in total. The van der Waals surface area contributed by atoms with Crippen molar-refractivity contribution >= 4 is 40.9 Å². The molecule has 0 radical (unpaired) electrons. The van der Waals surface area contributed by atoms with E-state index < -0.39 is 11.0 Å². The van der Waals surface area contributed by atoms with Crippen LogP contribution in [-0.2, 0) is 19.1 Å². The third kappa shape index (κ3) is 3.72. The maximum absolute atomic E-state index is 12.5. The standard InChI is InChI=1S/C19H20ClN3O7/c20-11-4-3-10(9-12(11)23(27)28)21-19(26)29-8-2-1-7-22-17(24)15-13-5-6-14(30-13)16(15)18(22)25/h3-4,9,13-16H,1-2,5-8H2,(H,21,26). The molecule has 4 atom stereocenters. The number of nitrogens with zero attached hydrogens (tertiary/aromatic N) is 2. The van der Waals surface area contributed by atoms with Crippen LogP contribution < -0.4 is 5.32 Å². The number of imide groups is 1. The van der Waals surface area contributed by atoms with E-state index >= 15 is 0 Å². The van der Waals surface area contributed by atoms with Crippen LogP contribution in [0.2, 0.25) is 5.02 Å². The number of nitro groups is 1. The summed E-state index contributed by atoms with van der Waals surface area (Å²) in [7, 11) is 0. The molecule has 3 heterocycles. The molecule has 3 saturated heterocycles. The van der Waals surface area contributed by atoms with Gasteiger partial charge in [-0.3, -0.25) is 29.9 Å². The normalized spacial score (nSPS) is 26.8. The highest BCUT2D eigenvalue weighted by atomic mass is 35.5. The SMILES string of the molecule is O=C(Nc1ccc(Cl)c([N+](=O)[O-])c1)OCCCCN1C(=O)C2C3CCC(O3)C2C1=O. The fourth-order valence-electron chi connectivity index (χ4n) is 4.42. The van der Waals surface area contributed by atoms with Gasteiger partial charge in [-0.25, -0.2) is 4.79 Å². The Morgan fingerprint density at radius 1 is 1.23 bits per heavy atom. The summed E-state index contributed by atoms with van der Waals surface area (Å²) >= 11 is 5.73. The Morgan fingerprint density at radius 3 is 2.53 bits per heavy atom.